The molecule has 0 saturated heterocycles. The van der Waals surface area contributed by atoms with Gasteiger partial charge in [0.1, 0.15) is 5.75 Å². The van der Waals surface area contributed by atoms with Gasteiger partial charge in [0.25, 0.3) is 5.99 Å². The highest BCUT2D eigenvalue weighted by Gasteiger charge is 2.48. The number of rotatable bonds is 8. The SMILES string of the molecule is Cc1c2c(cc3c1N(c1ccccc1)c1cc(N(c4ccccc4)c4ccccc4)cc4c1B3Sc1ccccc1-4)B1Oc3ccccc3-c3cc(N(c4ccccc4)c4ccccc4)cc(c31)N2c1ccccc1. The van der Waals surface area contributed by atoms with Crippen LogP contribution in [0.25, 0.3) is 22.3 Å². The molecule has 8 heteroatoms. The molecule has 0 spiro atoms. The topological polar surface area (TPSA) is 22.2 Å². The highest BCUT2D eigenvalue weighted by molar-refractivity contribution is 8.28. The molecule has 4 aliphatic rings. The maximum absolute atomic E-state index is 7.47. The molecule has 0 atom stereocenters. The van der Waals surface area contributed by atoms with Gasteiger partial charge in [0.05, 0.1) is 0 Å². The van der Waals surface area contributed by atoms with Crippen LogP contribution in [-0.4, -0.2) is 12.9 Å². The zero-order valence-electron chi connectivity index (χ0n) is 41.1. The summed E-state index contributed by atoms with van der Waals surface area (Å²) in [7, 11) is 0. The summed E-state index contributed by atoms with van der Waals surface area (Å²) in [5.41, 5.74) is 24.1. The molecule has 15 rings (SSSR count). The molecule has 0 fully saturated rings. The Balaban J connectivity index is 1.03. The molecule has 4 aliphatic heterocycles. The van der Waals surface area contributed by atoms with Crippen molar-refractivity contribution < 1.29 is 4.65 Å². The first-order valence-electron chi connectivity index (χ1n) is 25.7. The third-order valence-corrected chi connectivity index (χ3v) is 16.7. The van der Waals surface area contributed by atoms with Gasteiger partial charge >= 0.3 is 6.92 Å². The summed E-state index contributed by atoms with van der Waals surface area (Å²) < 4.78 is 7.47. The number of para-hydroxylation sites is 7. The summed E-state index contributed by atoms with van der Waals surface area (Å²) in [6.07, 6.45) is 0. The second kappa shape index (κ2) is 17.5. The normalized spacial score (nSPS) is 13.1. The van der Waals surface area contributed by atoms with E-state index in [2.05, 4.69) is 287 Å². The van der Waals surface area contributed by atoms with Crippen LogP contribution in [0.2, 0.25) is 0 Å². The third kappa shape index (κ3) is 6.90. The van der Waals surface area contributed by atoms with Crippen LogP contribution in [0.1, 0.15) is 5.56 Å². The maximum Gasteiger partial charge on any atom is 0.431 e. The second-order valence-electron chi connectivity index (χ2n) is 19.6. The van der Waals surface area contributed by atoms with Crippen LogP contribution in [0.15, 0.2) is 266 Å². The van der Waals surface area contributed by atoms with E-state index in [1.54, 1.807) is 0 Å². The van der Waals surface area contributed by atoms with E-state index in [1.807, 2.05) is 11.6 Å². The summed E-state index contributed by atoms with van der Waals surface area (Å²) in [6, 6.07) is 94.8. The van der Waals surface area contributed by atoms with Gasteiger partial charge in [-0.15, -0.1) is 0 Å². The van der Waals surface area contributed by atoms with Gasteiger partial charge in [0, 0.05) is 84.2 Å². The lowest BCUT2D eigenvalue weighted by Crippen LogP contribution is -2.59. The zero-order valence-corrected chi connectivity index (χ0v) is 41.9. The summed E-state index contributed by atoms with van der Waals surface area (Å²) in [6.45, 7) is 1.97. The van der Waals surface area contributed by atoms with Crippen molar-refractivity contribution in [2.45, 2.75) is 11.8 Å². The molecular weight excluding hydrogens is 930 g/mol. The zero-order chi connectivity index (χ0) is 49.6. The van der Waals surface area contributed by atoms with Crippen LogP contribution in [0, 0.1) is 6.92 Å². The molecule has 11 aromatic carbocycles. The van der Waals surface area contributed by atoms with E-state index < -0.39 is 0 Å². The van der Waals surface area contributed by atoms with E-state index in [9.17, 15) is 0 Å². The first kappa shape index (κ1) is 43.5. The van der Waals surface area contributed by atoms with E-state index in [-0.39, 0.29) is 12.9 Å². The fourth-order valence-corrected chi connectivity index (χ4v) is 13.6. The Morgan fingerprint density at radius 1 is 0.373 bits per heavy atom. The van der Waals surface area contributed by atoms with Gasteiger partial charge in [-0.3, -0.25) is 0 Å². The van der Waals surface area contributed by atoms with Gasteiger partial charge < -0.3 is 24.3 Å². The summed E-state index contributed by atoms with van der Waals surface area (Å²) in [5.74, 6) is 0.862. The standard InChI is InChI=1S/C67H46B2N4OS/c1-45-66-58(68-64-56(54-36-20-22-38-62(54)74-68)40-52(42-60(64)72(66)50-32-16-6-17-33-50)70(46-24-8-2-9-25-46)47-26-10-3-11-27-47)44-59-67(45)73(51-34-18-7-19-35-51)61-43-53(41-57-55-37-21-23-39-63(55)75-69(59)65(57)61)71(48-28-12-4-13-29-48)49-30-14-5-15-31-49/h2-44H,1H3. The molecule has 0 saturated carbocycles. The second-order valence-corrected chi connectivity index (χ2v) is 20.7. The van der Waals surface area contributed by atoms with Crippen molar-refractivity contribution in [1.82, 2.24) is 0 Å². The molecule has 0 N–H and O–H groups in total. The minimum atomic E-state index is -0.389. The summed E-state index contributed by atoms with van der Waals surface area (Å²) >= 11 is 1.97. The Labute approximate surface area is 442 Å². The fraction of sp³-hybridized carbons (Fsp3) is 0.0149. The van der Waals surface area contributed by atoms with E-state index in [0.717, 1.165) is 73.6 Å². The van der Waals surface area contributed by atoms with Gasteiger partial charge in [-0.1, -0.05) is 152 Å². The van der Waals surface area contributed by atoms with E-state index >= 15 is 0 Å². The first-order valence-corrected chi connectivity index (χ1v) is 26.6. The third-order valence-electron chi connectivity index (χ3n) is 15.3. The molecule has 5 nitrogen and oxygen atoms in total. The predicted octanol–water partition coefficient (Wildman–Crippen LogP) is 15.5. The average molecular weight is 977 g/mol. The molecule has 0 aromatic heterocycles. The van der Waals surface area contributed by atoms with Gasteiger partial charge in [-0.25, -0.2) is 0 Å². The first-order chi connectivity index (χ1) is 37.2. The fourth-order valence-electron chi connectivity index (χ4n) is 12.2. The van der Waals surface area contributed by atoms with E-state index in [1.165, 1.54) is 54.9 Å². The molecule has 0 aliphatic carbocycles. The van der Waals surface area contributed by atoms with E-state index in [4.69, 9.17) is 4.65 Å². The molecule has 11 aromatic rings. The number of hydrogen-bond donors (Lipinski definition) is 0. The minimum Gasteiger partial charge on any atom is -0.551 e. The van der Waals surface area contributed by atoms with Gasteiger partial charge in [0.2, 0.25) is 0 Å². The minimum absolute atomic E-state index is 0.0191. The quantitative estimate of drug-likeness (QED) is 0.141. The Morgan fingerprint density at radius 3 is 1.31 bits per heavy atom. The lowest BCUT2D eigenvalue weighted by Gasteiger charge is -2.45. The maximum atomic E-state index is 7.47. The van der Waals surface area contributed by atoms with Crippen molar-refractivity contribution in [3.8, 4) is 28.0 Å². The monoisotopic (exact) mass is 976 g/mol. The average Bonchev–Trinajstić information content (AvgIpc) is 3.61. The predicted molar refractivity (Wildman–Crippen MR) is 317 cm³/mol. The largest absolute Gasteiger partial charge is 0.551 e. The summed E-state index contributed by atoms with van der Waals surface area (Å²) in [4.78, 5) is 11.2. The molecule has 0 unspecified atom stereocenters. The van der Waals surface area contributed by atoms with Crippen LogP contribution in [0.5, 0.6) is 5.75 Å². The van der Waals surface area contributed by atoms with Gasteiger partial charge in [-0.2, -0.15) is 11.6 Å². The van der Waals surface area contributed by atoms with E-state index in [0.29, 0.717) is 0 Å². The lowest BCUT2D eigenvalue weighted by molar-refractivity contribution is 0.590. The van der Waals surface area contributed by atoms with Crippen molar-refractivity contribution in [3.63, 3.8) is 0 Å². The van der Waals surface area contributed by atoms with Crippen molar-refractivity contribution >= 4 is 115 Å². The highest BCUT2D eigenvalue weighted by Crippen LogP contribution is 2.53. The van der Waals surface area contributed by atoms with Gasteiger partial charge in [0.15, 0.2) is 0 Å². The molecular formula is C67H46B2N4OS. The van der Waals surface area contributed by atoms with Crippen molar-refractivity contribution in [2.24, 2.45) is 0 Å². The molecule has 0 amide bonds. The Kier molecular flexibility index (Phi) is 10.2. The number of benzene rings is 11. The molecule has 0 radical (unpaired) electrons. The van der Waals surface area contributed by atoms with Crippen LogP contribution in [0.4, 0.5) is 68.2 Å². The van der Waals surface area contributed by atoms with Crippen molar-refractivity contribution in [2.75, 3.05) is 19.6 Å². The Morgan fingerprint density at radius 2 is 0.787 bits per heavy atom. The number of nitrogens with zero attached hydrogens (tertiary/aromatic N) is 4. The van der Waals surface area contributed by atoms with Crippen LogP contribution >= 0.6 is 11.6 Å². The van der Waals surface area contributed by atoms with Crippen LogP contribution in [-0.2, 0) is 0 Å². The Bertz CT molecular complexity index is 3660. The highest BCUT2D eigenvalue weighted by atomic mass is 32.2. The van der Waals surface area contributed by atoms with Crippen LogP contribution < -0.4 is 46.1 Å². The van der Waals surface area contributed by atoms with Crippen molar-refractivity contribution in [3.05, 3.63) is 266 Å². The number of anilines is 12. The molecule has 75 heavy (non-hydrogen) atoms. The smallest absolute Gasteiger partial charge is 0.431 e. The molecule has 0 bridgehead atoms. The number of hydrogen-bond acceptors (Lipinski definition) is 6. The molecule has 352 valence electrons. The lowest BCUT2D eigenvalue weighted by atomic mass is 9.47. The Hall–Kier alpha value is -9.10. The van der Waals surface area contributed by atoms with Crippen molar-refractivity contribution in [1.29, 1.82) is 0 Å². The molecule has 4 heterocycles. The number of fused-ring (bicyclic) bond motifs is 8. The summed E-state index contributed by atoms with van der Waals surface area (Å²) in [5, 5.41) is 0. The van der Waals surface area contributed by atoms with Crippen LogP contribution in [0.3, 0.4) is 0 Å². The van der Waals surface area contributed by atoms with Gasteiger partial charge in [-0.05, 0) is 155 Å².